The van der Waals surface area contributed by atoms with Crippen LogP contribution in [0, 0.1) is 6.92 Å². The lowest BCUT2D eigenvalue weighted by atomic mass is 10.2. The summed E-state index contributed by atoms with van der Waals surface area (Å²) in [5, 5.41) is 3.86. The number of nitrogens with zero attached hydrogens (tertiary/aromatic N) is 2. The Morgan fingerprint density at radius 3 is 2.67 bits per heavy atom. The minimum Gasteiger partial charge on any atom is -0.365 e. The van der Waals surface area contributed by atoms with Crippen molar-refractivity contribution < 1.29 is 4.79 Å². The molecule has 0 saturated heterocycles. The predicted octanol–water partition coefficient (Wildman–Crippen LogP) is 1.17. The molecule has 0 aliphatic rings. The van der Waals surface area contributed by atoms with Crippen LogP contribution in [0.5, 0.6) is 0 Å². The van der Waals surface area contributed by atoms with Gasteiger partial charge < -0.3 is 10.2 Å². The number of thiazole rings is 1. The molecule has 0 aromatic carbocycles. The van der Waals surface area contributed by atoms with E-state index in [-0.39, 0.29) is 5.78 Å². The molecule has 1 aromatic rings. The molecule has 0 amide bonds. The van der Waals surface area contributed by atoms with Gasteiger partial charge in [-0.2, -0.15) is 0 Å². The summed E-state index contributed by atoms with van der Waals surface area (Å²) in [4.78, 5) is 18.8. The molecule has 0 fully saturated rings. The smallest absolute Gasteiger partial charge is 0.182 e. The number of hydrogen-bond acceptors (Lipinski definition) is 5. The van der Waals surface area contributed by atoms with Gasteiger partial charge in [-0.3, -0.25) is 4.79 Å². The van der Waals surface area contributed by atoms with E-state index in [4.69, 9.17) is 0 Å². The first kappa shape index (κ1) is 12.1. The Hall–Kier alpha value is -0.940. The number of anilines is 1. The molecular formula is C10H17N3OS. The molecule has 5 heteroatoms. The van der Waals surface area contributed by atoms with Gasteiger partial charge in [-0.05, 0) is 21.0 Å². The molecule has 1 heterocycles. The first-order valence-corrected chi connectivity index (χ1v) is 5.65. The van der Waals surface area contributed by atoms with Crippen LogP contribution in [0.15, 0.2) is 0 Å². The van der Waals surface area contributed by atoms with Crippen LogP contribution in [0.2, 0.25) is 0 Å². The molecule has 0 spiro atoms. The normalized spacial score (nSPS) is 10.7. The summed E-state index contributed by atoms with van der Waals surface area (Å²) in [6.45, 7) is 2.43. The van der Waals surface area contributed by atoms with E-state index in [0.717, 1.165) is 15.7 Å². The fraction of sp³-hybridized carbons (Fsp3) is 0.600. The SMILES string of the molecule is CNc1nc(C)c(CC(=O)CN(C)C)s1. The number of likely N-dealkylation sites (N-methyl/N-ethyl adjacent to an activating group) is 1. The molecule has 1 rings (SSSR count). The van der Waals surface area contributed by atoms with Crippen LogP contribution in [0.25, 0.3) is 0 Å². The van der Waals surface area contributed by atoms with Crippen molar-refractivity contribution in [2.24, 2.45) is 0 Å². The fourth-order valence-corrected chi connectivity index (χ4v) is 2.23. The summed E-state index contributed by atoms with van der Waals surface area (Å²) < 4.78 is 0. The molecule has 0 saturated carbocycles. The lowest BCUT2D eigenvalue weighted by molar-refractivity contribution is -0.118. The summed E-state index contributed by atoms with van der Waals surface area (Å²) in [7, 11) is 5.64. The van der Waals surface area contributed by atoms with E-state index >= 15 is 0 Å². The second-order valence-corrected chi connectivity index (χ2v) is 4.81. The molecule has 0 unspecified atom stereocenters. The maximum absolute atomic E-state index is 11.6. The molecule has 1 N–H and O–H groups in total. The first-order valence-electron chi connectivity index (χ1n) is 4.83. The molecule has 4 nitrogen and oxygen atoms in total. The Kier molecular flexibility index (Phi) is 4.23. The highest BCUT2D eigenvalue weighted by Crippen LogP contribution is 2.22. The van der Waals surface area contributed by atoms with E-state index in [1.165, 1.54) is 0 Å². The van der Waals surface area contributed by atoms with E-state index in [2.05, 4.69) is 10.3 Å². The zero-order valence-electron chi connectivity index (χ0n) is 9.63. The van der Waals surface area contributed by atoms with Crippen LogP contribution in [0.1, 0.15) is 10.6 Å². The van der Waals surface area contributed by atoms with Gasteiger partial charge in [0.15, 0.2) is 10.9 Å². The van der Waals surface area contributed by atoms with Crippen LogP contribution in [-0.2, 0) is 11.2 Å². The van der Waals surface area contributed by atoms with Gasteiger partial charge in [0.05, 0.1) is 12.2 Å². The topological polar surface area (TPSA) is 45.2 Å². The molecule has 15 heavy (non-hydrogen) atoms. The van der Waals surface area contributed by atoms with E-state index in [9.17, 15) is 4.79 Å². The Morgan fingerprint density at radius 2 is 2.20 bits per heavy atom. The Balaban J connectivity index is 2.63. The molecule has 0 bridgehead atoms. The van der Waals surface area contributed by atoms with Gasteiger partial charge in [-0.25, -0.2) is 4.98 Å². The van der Waals surface area contributed by atoms with E-state index in [1.807, 2.05) is 33.0 Å². The van der Waals surface area contributed by atoms with Crippen LogP contribution < -0.4 is 5.32 Å². The Labute approximate surface area is 94.3 Å². The van der Waals surface area contributed by atoms with Gasteiger partial charge in [0.1, 0.15) is 0 Å². The van der Waals surface area contributed by atoms with Crippen molar-refractivity contribution in [1.82, 2.24) is 9.88 Å². The third-order valence-corrected chi connectivity index (χ3v) is 3.13. The monoisotopic (exact) mass is 227 g/mol. The molecule has 0 aliphatic carbocycles. The predicted molar refractivity (Wildman–Crippen MR) is 63.7 cm³/mol. The molecule has 84 valence electrons. The quantitative estimate of drug-likeness (QED) is 0.820. The van der Waals surface area contributed by atoms with Gasteiger partial charge >= 0.3 is 0 Å². The summed E-state index contributed by atoms with van der Waals surface area (Å²) in [5.41, 5.74) is 0.955. The third kappa shape index (κ3) is 3.60. The largest absolute Gasteiger partial charge is 0.365 e. The number of carbonyl (C=O) groups is 1. The molecule has 1 aromatic heterocycles. The van der Waals surface area contributed by atoms with Gasteiger partial charge in [0.25, 0.3) is 0 Å². The summed E-state index contributed by atoms with van der Waals surface area (Å²) in [5.74, 6) is 0.231. The minimum absolute atomic E-state index is 0.231. The van der Waals surface area contributed by atoms with Crippen molar-refractivity contribution >= 4 is 22.3 Å². The highest BCUT2D eigenvalue weighted by Gasteiger charge is 2.11. The average molecular weight is 227 g/mol. The zero-order valence-corrected chi connectivity index (χ0v) is 10.4. The van der Waals surface area contributed by atoms with Gasteiger partial charge in [0, 0.05) is 18.3 Å². The number of Topliss-reactive ketones (excluding diaryl/α,β-unsaturated/α-hetero) is 1. The van der Waals surface area contributed by atoms with Gasteiger partial charge in [0.2, 0.25) is 0 Å². The number of rotatable bonds is 5. The van der Waals surface area contributed by atoms with Crippen molar-refractivity contribution in [3.8, 4) is 0 Å². The first-order chi connectivity index (χ1) is 7.02. The number of carbonyl (C=O) groups excluding carboxylic acids is 1. The second-order valence-electron chi connectivity index (χ2n) is 3.73. The third-order valence-electron chi connectivity index (χ3n) is 1.96. The summed E-state index contributed by atoms with van der Waals surface area (Å²) in [6, 6.07) is 0. The van der Waals surface area contributed by atoms with E-state index < -0.39 is 0 Å². The zero-order chi connectivity index (χ0) is 11.4. The number of ketones is 1. The molecule has 0 atom stereocenters. The molecular weight excluding hydrogens is 210 g/mol. The van der Waals surface area contributed by atoms with Crippen LogP contribution in [-0.4, -0.2) is 43.4 Å². The van der Waals surface area contributed by atoms with Crippen molar-refractivity contribution in [3.05, 3.63) is 10.6 Å². The summed E-state index contributed by atoms with van der Waals surface area (Å²) >= 11 is 1.55. The maximum atomic E-state index is 11.6. The Bertz CT molecular complexity index is 346. The maximum Gasteiger partial charge on any atom is 0.182 e. The van der Waals surface area contributed by atoms with Crippen LogP contribution in [0.4, 0.5) is 5.13 Å². The highest BCUT2D eigenvalue weighted by molar-refractivity contribution is 7.15. The second kappa shape index (κ2) is 5.23. The van der Waals surface area contributed by atoms with Crippen molar-refractivity contribution in [2.75, 3.05) is 33.0 Å². The lowest BCUT2D eigenvalue weighted by Gasteiger charge is -2.07. The van der Waals surface area contributed by atoms with Crippen LogP contribution in [0.3, 0.4) is 0 Å². The minimum atomic E-state index is 0.231. The highest BCUT2D eigenvalue weighted by atomic mass is 32.1. The van der Waals surface area contributed by atoms with E-state index in [0.29, 0.717) is 13.0 Å². The number of hydrogen-bond donors (Lipinski definition) is 1. The van der Waals surface area contributed by atoms with Gasteiger partial charge in [-0.15, -0.1) is 11.3 Å². The lowest BCUT2D eigenvalue weighted by Crippen LogP contribution is -2.22. The number of nitrogens with one attached hydrogen (secondary N) is 1. The molecule has 0 aliphatic heterocycles. The van der Waals surface area contributed by atoms with Crippen LogP contribution >= 0.6 is 11.3 Å². The van der Waals surface area contributed by atoms with Crippen molar-refractivity contribution in [3.63, 3.8) is 0 Å². The average Bonchev–Trinajstić information content (AvgIpc) is 2.46. The summed E-state index contributed by atoms with van der Waals surface area (Å²) in [6.07, 6.45) is 0.489. The number of aryl methyl sites for hydroxylation is 1. The van der Waals surface area contributed by atoms with Crippen molar-refractivity contribution in [2.45, 2.75) is 13.3 Å². The number of aromatic nitrogens is 1. The Morgan fingerprint density at radius 1 is 1.53 bits per heavy atom. The van der Waals surface area contributed by atoms with E-state index in [1.54, 1.807) is 11.3 Å². The molecule has 0 radical (unpaired) electrons. The van der Waals surface area contributed by atoms with Gasteiger partial charge in [-0.1, -0.05) is 0 Å². The standard InChI is InChI=1S/C10H17N3OS/c1-7-9(15-10(11-2)12-7)5-8(14)6-13(3)4/h5-6H2,1-4H3,(H,11,12). The fourth-order valence-electron chi connectivity index (χ4n) is 1.29. The van der Waals surface area contributed by atoms with Crippen molar-refractivity contribution in [1.29, 1.82) is 0 Å².